The number of morpholine rings is 1. The molecule has 122 valence electrons. The van der Waals surface area contributed by atoms with Gasteiger partial charge in [0.25, 0.3) is 0 Å². The van der Waals surface area contributed by atoms with Gasteiger partial charge in [-0.2, -0.15) is 0 Å². The number of aryl methyl sites for hydroxylation is 1. The minimum absolute atomic E-state index is 0.0487. The zero-order chi connectivity index (χ0) is 16.4. The molecule has 1 aliphatic heterocycles. The van der Waals surface area contributed by atoms with Crippen molar-refractivity contribution in [1.82, 2.24) is 4.90 Å². The van der Waals surface area contributed by atoms with E-state index in [-0.39, 0.29) is 17.7 Å². The average Bonchev–Trinajstić information content (AvgIpc) is 2.89. The maximum absolute atomic E-state index is 13.4. The van der Waals surface area contributed by atoms with Crippen LogP contribution in [0.2, 0.25) is 0 Å². The van der Waals surface area contributed by atoms with Crippen LogP contribution in [0.3, 0.4) is 0 Å². The van der Waals surface area contributed by atoms with E-state index in [0.717, 1.165) is 17.7 Å². The number of ether oxygens (including phenoxy) is 1. The monoisotopic (exact) mass is 319 g/mol. The molecule has 1 N–H and O–H groups in total. The molecule has 1 aromatic carbocycles. The molecule has 23 heavy (non-hydrogen) atoms. The highest BCUT2D eigenvalue weighted by atomic mass is 19.1. The maximum Gasteiger partial charge on any atom is 0.371 e. The van der Waals surface area contributed by atoms with Crippen LogP contribution >= 0.6 is 0 Å². The van der Waals surface area contributed by atoms with Crippen molar-refractivity contribution >= 4 is 5.97 Å². The summed E-state index contributed by atoms with van der Waals surface area (Å²) in [5.41, 5.74) is 1.66. The number of benzene rings is 1. The molecular formula is C17H18FNO4. The summed E-state index contributed by atoms with van der Waals surface area (Å²) in [5.74, 6) is -0.789. The topological polar surface area (TPSA) is 62.9 Å². The molecule has 2 aromatic rings. The predicted molar refractivity (Wildman–Crippen MR) is 80.8 cm³/mol. The molecule has 3 rings (SSSR count). The third-order valence-electron chi connectivity index (χ3n) is 4.00. The molecule has 1 aliphatic rings. The summed E-state index contributed by atoms with van der Waals surface area (Å²) in [4.78, 5) is 13.1. The Kier molecular flexibility index (Phi) is 4.45. The van der Waals surface area contributed by atoms with Crippen molar-refractivity contribution in [2.45, 2.75) is 19.6 Å². The Morgan fingerprint density at radius 1 is 1.43 bits per heavy atom. The van der Waals surface area contributed by atoms with E-state index in [1.54, 1.807) is 19.1 Å². The fourth-order valence-electron chi connectivity index (χ4n) is 2.78. The second-order valence-corrected chi connectivity index (χ2v) is 5.65. The van der Waals surface area contributed by atoms with Crippen LogP contribution in [-0.4, -0.2) is 35.7 Å². The highest BCUT2D eigenvalue weighted by Crippen LogP contribution is 2.25. The number of aromatic carboxylic acids is 1. The largest absolute Gasteiger partial charge is 0.475 e. The fraction of sp³-hybridized carbons (Fsp3) is 0.353. The summed E-state index contributed by atoms with van der Waals surface area (Å²) in [6.07, 6.45) is -0.189. The van der Waals surface area contributed by atoms with Crippen molar-refractivity contribution in [3.8, 4) is 0 Å². The number of carboxylic acid groups (broad SMARTS) is 1. The number of hydrogen-bond acceptors (Lipinski definition) is 4. The minimum Gasteiger partial charge on any atom is -0.475 e. The standard InChI is InChI=1S/C17H18FNO4/c1-11-13(8-15(23-11)17(20)21)9-19-5-6-22-16(10-19)12-3-2-4-14(18)7-12/h2-4,7-8,16H,5-6,9-10H2,1H3,(H,20,21). The number of hydrogen-bond donors (Lipinski definition) is 1. The molecule has 1 atom stereocenters. The first kappa shape index (κ1) is 15.7. The Hall–Kier alpha value is -2.18. The number of nitrogens with zero attached hydrogens (tertiary/aromatic N) is 1. The van der Waals surface area contributed by atoms with Gasteiger partial charge < -0.3 is 14.3 Å². The van der Waals surface area contributed by atoms with Crippen molar-refractivity contribution in [3.63, 3.8) is 0 Å². The van der Waals surface area contributed by atoms with E-state index in [2.05, 4.69) is 4.90 Å². The van der Waals surface area contributed by atoms with E-state index in [0.29, 0.717) is 25.5 Å². The zero-order valence-corrected chi connectivity index (χ0v) is 12.8. The zero-order valence-electron chi connectivity index (χ0n) is 12.8. The van der Waals surface area contributed by atoms with E-state index in [1.807, 2.05) is 6.07 Å². The summed E-state index contributed by atoms with van der Waals surface area (Å²) < 4.78 is 24.3. The lowest BCUT2D eigenvalue weighted by molar-refractivity contribution is -0.0331. The van der Waals surface area contributed by atoms with Crippen molar-refractivity contribution in [3.05, 3.63) is 58.8 Å². The van der Waals surface area contributed by atoms with Gasteiger partial charge >= 0.3 is 5.97 Å². The Balaban J connectivity index is 1.70. The van der Waals surface area contributed by atoms with Crippen LogP contribution in [0.4, 0.5) is 4.39 Å². The van der Waals surface area contributed by atoms with Gasteiger partial charge in [0.15, 0.2) is 0 Å². The molecule has 0 radical (unpaired) electrons. The maximum atomic E-state index is 13.4. The second kappa shape index (κ2) is 6.52. The van der Waals surface area contributed by atoms with Gasteiger partial charge in [0, 0.05) is 25.2 Å². The molecule has 6 heteroatoms. The summed E-state index contributed by atoms with van der Waals surface area (Å²) in [7, 11) is 0. The molecule has 5 nitrogen and oxygen atoms in total. The Labute approximate surface area is 133 Å². The Bertz CT molecular complexity index is 712. The van der Waals surface area contributed by atoms with Crippen molar-refractivity contribution in [2.75, 3.05) is 19.7 Å². The second-order valence-electron chi connectivity index (χ2n) is 5.65. The lowest BCUT2D eigenvalue weighted by Gasteiger charge is -2.33. The van der Waals surface area contributed by atoms with E-state index in [1.165, 1.54) is 12.1 Å². The van der Waals surface area contributed by atoms with Gasteiger partial charge in [0.2, 0.25) is 5.76 Å². The van der Waals surface area contributed by atoms with E-state index < -0.39 is 5.97 Å². The molecule has 0 spiro atoms. The normalized spacial score (nSPS) is 19.0. The van der Waals surface area contributed by atoms with Gasteiger partial charge in [0.05, 0.1) is 12.7 Å². The van der Waals surface area contributed by atoms with Crippen LogP contribution in [0.15, 0.2) is 34.7 Å². The van der Waals surface area contributed by atoms with Crippen molar-refractivity contribution < 1.29 is 23.4 Å². The van der Waals surface area contributed by atoms with Gasteiger partial charge in [-0.15, -0.1) is 0 Å². The summed E-state index contributed by atoms with van der Waals surface area (Å²) in [6, 6.07) is 7.98. The van der Waals surface area contributed by atoms with Gasteiger partial charge in [0.1, 0.15) is 11.6 Å². The van der Waals surface area contributed by atoms with Crippen LogP contribution in [0, 0.1) is 12.7 Å². The van der Waals surface area contributed by atoms with E-state index in [9.17, 15) is 9.18 Å². The van der Waals surface area contributed by atoms with E-state index in [4.69, 9.17) is 14.3 Å². The van der Waals surface area contributed by atoms with Crippen LogP contribution in [0.1, 0.15) is 33.5 Å². The van der Waals surface area contributed by atoms with Gasteiger partial charge in [-0.3, -0.25) is 4.90 Å². The number of furan rings is 1. The quantitative estimate of drug-likeness (QED) is 0.938. The molecule has 0 aliphatic carbocycles. The Morgan fingerprint density at radius 2 is 2.26 bits per heavy atom. The molecule has 1 aromatic heterocycles. The number of halogens is 1. The van der Waals surface area contributed by atoms with Crippen LogP contribution in [0.25, 0.3) is 0 Å². The molecule has 1 fully saturated rings. The molecular weight excluding hydrogens is 301 g/mol. The lowest BCUT2D eigenvalue weighted by Crippen LogP contribution is -2.37. The van der Waals surface area contributed by atoms with Crippen LogP contribution < -0.4 is 0 Å². The highest BCUT2D eigenvalue weighted by molar-refractivity contribution is 5.84. The van der Waals surface area contributed by atoms with E-state index >= 15 is 0 Å². The predicted octanol–water partition coefficient (Wildman–Crippen LogP) is 3.00. The third-order valence-corrected chi connectivity index (χ3v) is 4.00. The van der Waals surface area contributed by atoms with Gasteiger partial charge in [-0.25, -0.2) is 9.18 Å². The molecule has 0 amide bonds. The number of rotatable bonds is 4. The summed E-state index contributed by atoms with van der Waals surface area (Å²) in [5, 5.41) is 8.98. The average molecular weight is 319 g/mol. The highest BCUT2D eigenvalue weighted by Gasteiger charge is 2.24. The minimum atomic E-state index is -1.07. The van der Waals surface area contributed by atoms with Crippen molar-refractivity contribution in [2.24, 2.45) is 0 Å². The smallest absolute Gasteiger partial charge is 0.371 e. The first-order valence-corrected chi connectivity index (χ1v) is 7.45. The van der Waals surface area contributed by atoms with Gasteiger partial charge in [-0.05, 0) is 30.7 Å². The first-order valence-electron chi connectivity index (χ1n) is 7.45. The molecule has 0 saturated carbocycles. The molecule has 2 heterocycles. The first-order chi connectivity index (χ1) is 11.0. The lowest BCUT2D eigenvalue weighted by atomic mass is 10.1. The van der Waals surface area contributed by atoms with Crippen LogP contribution in [-0.2, 0) is 11.3 Å². The summed E-state index contributed by atoms with van der Waals surface area (Å²) >= 11 is 0. The van der Waals surface area contributed by atoms with Crippen LogP contribution in [0.5, 0.6) is 0 Å². The number of carbonyl (C=O) groups is 1. The SMILES string of the molecule is Cc1oc(C(=O)O)cc1CN1CCOC(c2cccc(F)c2)C1. The summed E-state index contributed by atoms with van der Waals surface area (Å²) in [6.45, 7) is 4.24. The fourth-order valence-corrected chi connectivity index (χ4v) is 2.78. The number of carboxylic acids is 1. The molecule has 1 unspecified atom stereocenters. The van der Waals surface area contributed by atoms with Gasteiger partial charge in [-0.1, -0.05) is 12.1 Å². The molecule has 1 saturated heterocycles. The van der Waals surface area contributed by atoms with Crippen molar-refractivity contribution in [1.29, 1.82) is 0 Å². The Morgan fingerprint density at radius 3 is 2.96 bits per heavy atom. The third kappa shape index (κ3) is 3.60. The molecule has 0 bridgehead atoms.